The standard InChI is InChI=1S/C14H20N2O4S2/c1-10-8-12(10)14(17)15-9-11-2-3-13(21-11)22(18,19)16-4-6-20-7-5-16/h2-3,10,12H,4-9H2,1H3,(H,15,17)/t10-,12+/m1/s1. The van der Waals surface area contributed by atoms with Crippen LogP contribution in [0.1, 0.15) is 18.2 Å². The Morgan fingerprint density at radius 1 is 1.41 bits per heavy atom. The van der Waals surface area contributed by atoms with Gasteiger partial charge in [0, 0.05) is 23.9 Å². The average Bonchev–Trinajstić information content (AvgIpc) is 3.06. The quantitative estimate of drug-likeness (QED) is 0.866. The number of morpholine rings is 1. The lowest BCUT2D eigenvalue weighted by molar-refractivity contribution is -0.122. The number of nitrogens with zero attached hydrogens (tertiary/aromatic N) is 1. The van der Waals surface area contributed by atoms with E-state index in [0.717, 1.165) is 11.3 Å². The number of hydrogen-bond donors (Lipinski definition) is 1. The molecule has 8 heteroatoms. The first-order chi connectivity index (χ1) is 10.5. The summed E-state index contributed by atoms with van der Waals surface area (Å²) in [6, 6.07) is 3.39. The molecule has 1 aromatic heterocycles. The Hall–Kier alpha value is -0.960. The highest BCUT2D eigenvalue weighted by molar-refractivity contribution is 7.91. The molecule has 0 aromatic carbocycles. The molecule has 1 N–H and O–H groups in total. The third kappa shape index (κ3) is 3.34. The van der Waals surface area contributed by atoms with Gasteiger partial charge in [0.05, 0.1) is 19.8 Å². The molecule has 2 fully saturated rings. The summed E-state index contributed by atoms with van der Waals surface area (Å²) >= 11 is 1.22. The molecule has 1 saturated carbocycles. The zero-order chi connectivity index (χ0) is 15.7. The zero-order valence-electron chi connectivity index (χ0n) is 12.4. The van der Waals surface area contributed by atoms with Gasteiger partial charge in [0.1, 0.15) is 4.21 Å². The Morgan fingerprint density at radius 2 is 2.09 bits per heavy atom. The van der Waals surface area contributed by atoms with E-state index >= 15 is 0 Å². The molecule has 0 radical (unpaired) electrons. The van der Waals surface area contributed by atoms with Crippen LogP contribution in [0.3, 0.4) is 0 Å². The molecule has 3 rings (SSSR count). The summed E-state index contributed by atoms with van der Waals surface area (Å²) in [6.07, 6.45) is 0.951. The Balaban J connectivity index is 1.61. The smallest absolute Gasteiger partial charge is 0.252 e. The summed E-state index contributed by atoms with van der Waals surface area (Å²) in [7, 11) is -3.43. The van der Waals surface area contributed by atoms with Crippen LogP contribution >= 0.6 is 11.3 Å². The Bertz CT molecular complexity index is 650. The highest BCUT2D eigenvalue weighted by Gasteiger charge is 2.38. The van der Waals surface area contributed by atoms with Crippen LogP contribution in [-0.2, 0) is 26.1 Å². The number of amides is 1. The van der Waals surface area contributed by atoms with Crippen molar-refractivity contribution in [3.8, 4) is 0 Å². The predicted octanol–water partition coefficient (Wildman–Crippen LogP) is 1.04. The monoisotopic (exact) mass is 344 g/mol. The second-order valence-electron chi connectivity index (χ2n) is 5.77. The van der Waals surface area contributed by atoms with Crippen molar-refractivity contribution in [2.45, 2.75) is 24.1 Å². The van der Waals surface area contributed by atoms with Gasteiger partial charge in [-0.2, -0.15) is 4.31 Å². The van der Waals surface area contributed by atoms with Crippen LogP contribution in [0.15, 0.2) is 16.3 Å². The van der Waals surface area contributed by atoms with Crippen molar-refractivity contribution in [2.24, 2.45) is 11.8 Å². The van der Waals surface area contributed by atoms with Gasteiger partial charge in [0.2, 0.25) is 5.91 Å². The van der Waals surface area contributed by atoms with E-state index < -0.39 is 10.0 Å². The van der Waals surface area contributed by atoms with Gasteiger partial charge in [0.15, 0.2) is 0 Å². The Kier molecular flexibility index (Phi) is 4.54. The highest BCUT2D eigenvalue weighted by Crippen LogP contribution is 2.37. The fourth-order valence-electron chi connectivity index (χ4n) is 2.50. The summed E-state index contributed by atoms with van der Waals surface area (Å²) in [4.78, 5) is 12.6. The SMILES string of the molecule is C[C@@H]1C[C@@H]1C(=O)NCc1ccc(S(=O)(=O)N2CCOCC2)s1. The van der Waals surface area contributed by atoms with Gasteiger partial charge in [0.25, 0.3) is 10.0 Å². The van der Waals surface area contributed by atoms with E-state index in [0.29, 0.717) is 43.0 Å². The Labute approximate surface area is 134 Å². The molecule has 1 amide bonds. The number of rotatable bonds is 5. The minimum atomic E-state index is -3.43. The van der Waals surface area contributed by atoms with Crippen LogP contribution < -0.4 is 5.32 Å². The number of carbonyl (C=O) groups is 1. The third-order valence-corrected chi connectivity index (χ3v) is 7.54. The first-order valence-electron chi connectivity index (χ1n) is 7.43. The fraction of sp³-hybridized carbons (Fsp3) is 0.643. The van der Waals surface area contributed by atoms with Gasteiger partial charge < -0.3 is 10.1 Å². The number of thiophene rings is 1. The van der Waals surface area contributed by atoms with Crippen LogP contribution in [0, 0.1) is 11.8 Å². The highest BCUT2D eigenvalue weighted by atomic mass is 32.2. The number of ether oxygens (including phenoxy) is 1. The molecule has 2 aliphatic rings. The predicted molar refractivity (Wildman–Crippen MR) is 83.0 cm³/mol. The lowest BCUT2D eigenvalue weighted by Gasteiger charge is -2.25. The molecular weight excluding hydrogens is 324 g/mol. The van der Waals surface area contributed by atoms with E-state index in [2.05, 4.69) is 12.2 Å². The van der Waals surface area contributed by atoms with Crippen LogP contribution in [0.25, 0.3) is 0 Å². The second kappa shape index (κ2) is 6.27. The van der Waals surface area contributed by atoms with Crippen molar-refractivity contribution in [1.82, 2.24) is 9.62 Å². The van der Waals surface area contributed by atoms with Gasteiger partial charge in [-0.3, -0.25) is 4.79 Å². The van der Waals surface area contributed by atoms with Gasteiger partial charge in [-0.05, 0) is 24.5 Å². The van der Waals surface area contributed by atoms with E-state index in [9.17, 15) is 13.2 Å². The molecule has 2 heterocycles. The maximum atomic E-state index is 12.5. The third-order valence-electron chi connectivity index (χ3n) is 4.08. The van der Waals surface area contributed by atoms with E-state index in [4.69, 9.17) is 4.74 Å². The Morgan fingerprint density at radius 3 is 2.73 bits per heavy atom. The summed E-state index contributed by atoms with van der Waals surface area (Å²) in [5.41, 5.74) is 0. The molecule has 22 heavy (non-hydrogen) atoms. The fourth-order valence-corrected chi connectivity index (χ4v) is 5.36. The molecule has 2 atom stereocenters. The number of nitrogens with one attached hydrogen (secondary N) is 1. The van der Waals surface area contributed by atoms with Crippen molar-refractivity contribution in [3.63, 3.8) is 0 Å². The lowest BCUT2D eigenvalue weighted by Crippen LogP contribution is -2.40. The van der Waals surface area contributed by atoms with E-state index in [1.165, 1.54) is 15.6 Å². The summed E-state index contributed by atoms with van der Waals surface area (Å²) in [5.74, 6) is 0.676. The molecule has 1 aromatic rings. The molecule has 1 aliphatic heterocycles. The number of hydrogen-bond acceptors (Lipinski definition) is 5. The van der Waals surface area contributed by atoms with Crippen LogP contribution in [0.5, 0.6) is 0 Å². The lowest BCUT2D eigenvalue weighted by atomic mass is 10.3. The maximum absolute atomic E-state index is 12.5. The first-order valence-corrected chi connectivity index (χ1v) is 9.68. The van der Waals surface area contributed by atoms with Crippen molar-refractivity contribution < 1.29 is 17.9 Å². The van der Waals surface area contributed by atoms with Crippen molar-refractivity contribution in [1.29, 1.82) is 0 Å². The zero-order valence-corrected chi connectivity index (χ0v) is 14.1. The minimum Gasteiger partial charge on any atom is -0.379 e. The molecule has 0 spiro atoms. The van der Waals surface area contributed by atoms with Gasteiger partial charge in [-0.1, -0.05) is 6.92 Å². The van der Waals surface area contributed by atoms with Gasteiger partial charge >= 0.3 is 0 Å². The second-order valence-corrected chi connectivity index (χ2v) is 9.11. The number of sulfonamides is 1. The summed E-state index contributed by atoms with van der Waals surface area (Å²) in [6.45, 7) is 4.12. The van der Waals surface area contributed by atoms with Crippen molar-refractivity contribution in [2.75, 3.05) is 26.3 Å². The topological polar surface area (TPSA) is 75.7 Å². The van der Waals surface area contributed by atoms with Gasteiger partial charge in [-0.15, -0.1) is 11.3 Å². The normalized spacial score (nSPS) is 25.9. The van der Waals surface area contributed by atoms with Gasteiger partial charge in [-0.25, -0.2) is 8.42 Å². The minimum absolute atomic E-state index is 0.0680. The van der Waals surface area contributed by atoms with E-state index in [-0.39, 0.29) is 11.8 Å². The van der Waals surface area contributed by atoms with Crippen molar-refractivity contribution >= 4 is 27.3 Å². The number of carbonyl (C=O) groups excluding carboxylic acids is 1. The molecule has 6 nitrogen and oxygen atoms in total. The largest absolute Gasteiger partial charge is 0.379 e. The van der Waals surface area contributed by atoms with Crippen LogP contribution in [0.4, 0.5) is 0 Å². The molecule has 1 saturated heterocycles. The molecular formula is C14H20N2O4S2. The first kappa shape index (κ1) is 15.9. The average molecular weight is 344 g/mol. The summed E-state index contributed by atoms with van der Waals surface area (Å²) < 4.78 is 32.0. The van der Waals surface area contributed by atoms with Crippen LogP contribution in [0.2, 0.25) is 0 Å². The van der Waals surface area contributed by atoms with Crippen molar-refractivity contribution in [3.05, 3.63) is 17.0 Å². The van der Waals surface area contributed by atoms with E-state index in [1.54, 1.807) is 12.1 Å². The maximum Gasteiger partial charge on any atom is 0.252 e. The summed E-state index contributed by atoms with van der Waals surface area (Å²) in [5, 5.41) is 2.88. The molecule has 1 aliphatic carbocycles. The van der Waals surface area contributed by atoms with Crippen LogP contribution in [-0.4, -0.2) is 44.9 Å². The molecule has 122 valence electrons. The van der Waals surface area contributed by atoms with E-state index in [1.807, 2.05) is 0 Å². The molecule has 0 unspecified atom stereocenters. The molecule has 0 bridgehead atoms.